The predicted octanol–water partition coefficient (Wildman–Crippen LogP) is 4.58. The highest BCUT2D eigenvalue weighted by molar-refractivity contribution is 8.57. The van der Waals surface area contributed by atoms with Crippen molar-refractivity contribution >= 4 is 24.0 Å². The van der Waals surface area contributed by atoms with Gasteiger partial charge in [-0.25, -0.2) is 0 Å². The van der Waals surface area contributed by atoms with Crippen LogP contribution >= 0.6 is 18.7 Å². The summed E-state index contributed by atoms with van der Waals surface area (Å²) in [5.74, 6) is 0.851. The van der Waals surface area contributed by atoms with Crippen molar-refractivity contribution in [3.05, 3.63) is 30.3 Å². The average Bonchev–Trinajstić information content (AvgIpc) is 2.97. The van der Waals surface area contributed by atoms with Gasteiger partial charge in [-0.05, 0) is 24.2 Å². The van der Waals surface area contributed by atoms with Crippen molar-refractivity contribution in [1.29, 1.82) is 0 Å². The van der Waals surface area contributed by atoms with E-state index >= 15 is 0 Å². The van der Waals surface area contributed by atoms with Gasteiger partial charge in [0.15, 0.2) is 0 Å². The minimum absolute atomic E-state index is 0.390. The molecule has 2 saturated carbocycles. The Morgan fingerprint density at radius 3 is 2.63 bits per heavy atom. The number of fused-ring (bicyclic) bond motifs is 5. The van der Waals surface area contributed by atoms with Gasteiger partial charge in [0.1, 0.15) is 7.35 Å². The minimum Gasteiger partial charge on any atom is -0.339 e. The van der Waals surface area contributed by atoms with Crippen LogP contribution in [0.5, 0.6) is 0 Å². The van der Waals surface area contributed by atoms with Crippen LogP contribution in [0.25, 0.3) is 0 Å². The molecular weight excluding hydrogens is 271 g/mol. The standard InChI is InChI=1S/C16H21OPS/c1-15(2)12-9-10-16(15,3)14-13(12)19-18(17-14)11-7-5-4-6-8-11/h4-8,12-14H,9-10H2,1-3H3/t12-,13-,14-,16+,18?/m1/s1. The van der Waals surface area contributed by atoms with Gasteiger partial charge in [0.05, 0.1) is 6.10 Å². The summed E-state index contributed by atoms with van der Waals surface area (Å²) < 4.78 is 6.57. The first-order chi connectivity index (χ1) is 9.04. The molecule has 3 aliphatic rings. The Morgan fingerprint density at radius 2 is 1.95 bits per heavy atom. The zero-order valence-corrected chi connectivity index (χ0v) is 13.5. The second-order valence-electron chi connectivity index (χ2n) is 6.97. The molecule has 3 heteroatoms. The van der Waals surface area contributed by atoms with Gasteiger partial charge in [-0.1, -0.05) is 62.5 Å². The van der Waals surface area contributed by atoms with E-state index in [4.69, 9.17) is 4.52 Å². The summed E-state index contributed by atoms with van der Waals surface area (Å²) in [6.45, 7) is 7.41. The lowest BCUT2D eigenvalue weighted by Crippen LogP contribution is -2.37. The quantitative estimate of drug-likeness (QED) is 0.701. The van der Waals surface area contributed by atoms with Crippen molar-refractivity contribution in [1.82, 2.24) is 0 Å². The fourth-order valence-corrected chi connectivity index (χ4v) is 9.70. The molecule has 19 heavy (non-hydrogen) atoms. The van der Waals surface area contributed by atoms with Crippen molar-refractivity contribution in [3.63, 3.8) is 0 Å². The summed E-state index contributed by atoms with van der Waals surface area (Å²) in [5.41, 5.74) is 0.842. The van der Waals surface area contributed by atoms with Crippen molar-refractivity contribution in [2.45, 2.75) is 45.0 Å². The number of hydrogen-bond acceptors (Lipinski definition) is 2. The van der Waals surface area contributed by atoms with Crippen LogP contribution in [0.15, 0.2) is 30.3 Å². The van der Waals surface area contributed by atoms with Crippen LogP contribution in [-0.2, 0) is 4.52 Å². The Morgan fingerprint density at radius 1 is 1.21 bits per heavy atom. The van der Waals surface area contributed by atoms with E-state index in [0.717, 1.165) is 11.2 Å². The van der Waals surface area contributed by atoms with Gasteiger partial charge in [-0.3, -0.25) is 0 Å². The molecule has 1 heterocycles. The summed E-state index contributed by atoms with van der Waals surface area (Å²) in [6, 6.07) is 10.8. The molecule has 2 bridgehead atoms. The van der Waals surface area contributed by atoms with Crippen LogP contribution in [0.4, 0.5) is 0 Å². The first-order valence-corrected chi connectivity index (χ1v) is 9.97. The summed E-state index contributed by atoms with van der Waals surface area (Å²) >= 11 is 2.14. The maximum absolute atomic E-state index is 6.57. The molecule has 1 saturated heterocycles. The molecule has 0 spiro atoms. The van der Waals surface area contributed by atoms with Crippen molar-refractivity contribution in [2.24, 2.45) is 16.7 Å². The Bertz CT molecular complexity index is 503. The van der Waals surface area contributed by atoms with E-state index in [1.807, 2.05) is 0 Å². The monoisotopic (exact) mass is 292 g/mol. The lowest BCUT2D eigenvalue weighted by molar-refractivity contribution is 0.0450. The highest BCUT2D eigenvalue weighted by atomic mass is 32.7. The van der Waals surface area contributed by atoms with Gasteiger partial charge >= 0.3 is 0 Å². The summed E-state index contributed by atoms with van der Waals surface area (Å²) in [7, 11) is -0.443. The van der Waals surface area contributed by atoms with Gasteiger partial charge in [-0.2, -0.15) is 0 Å². The van der Waals surface area contributed by atoms with E-state index in [-0.39, 0.29) is 0 Å². The number of rotatable bonds is 1. The molecule has 0 amide bonds. The molecule has 4 rings (SSSR count). The third kappa shape index (κ3) is 1.51. The van der Waals surface area contributed by atoms with Crippen molar-refractivity contribution < 1.29 is 4.52 Å². The molecule has 2 aliphatic carbocycles. The molecule has 5 atom stereocenters. The maximum atomic E-state index is 6.57. The first-order valence-electron chi connectivity index (χ1n) is 7.23. The van der Waals surface area contributed by atoms with Crippen LogP contribution in [-0.4, -0.2) is 11.4 Å². The van der Waals surface area contributed by atoms with Crippen molar-refractivity contribution in [2.75, 3.05) is 0 Å². The van der Waals surface area contributed by atoms with Crippen LogP contribution in [0.1, 0.15) is 33.6 Å². The Balaban J connectivity index is 1.65. The number of benzene rings is 1. The van der Waals surface area contributed by atoms with E-state index in [1.165, 1.54) is 18.1 Å². The van der Waals surface area contributed by atoms with Gasteiger partial charge < -0.3 is 4.52 Å². The van der Waals surface area contributed by atoms with Gasteiger partial charge in [0.25, 0.3) is 0 Å². The summed E-state index contributed by atoms with van der Waals surface area (Å²) in [5, 5.41) is 2.14. The van der Waals surface area contributed by atoms with Crippen LogP contribution in [0.2, 0.25) is 0 Å². The molecule has 1 aliphatic heterocycles. The predicted molar refractivity (Wildman–Crippen MR) is 83.9 cm³/mol. The topological polar surface area (TPSA) is 9.23 Å². The molecule has 0 radical (unpaired) electrons. The largest absolute Gasteiger partial charge is 0.339 e. The zero-order valence-electron chi connectivity index (χ0n) is 11.8. The average molecular weight is 292 g/mol. The fraction of sp³-hybridized carbons (Fsp3) is 0.625. The third-order valence-corrected chi connectivity index (χ3v) is 10.4. The Hall–Kier alpha value is -0.0400. The first kappa shape index (κ1) is 12.7. The third-order valence-electron chi connectivity index (χ3n) is 6.09. The Labute approximate surface area is 121 Å². The fourth-order valence-electron chi connectivity index (χ4n) is 4.43. The number of hydrogen-bond donors (Lipinski definition) is 0. The SMILES string of the molecule is CC1(C)[C@@H]2CC[C@@]1(C)[C@@H]1OP(c3ccccc3)S[C@H]21. The van der Waals surface area contributed by atoms with E-state index in [2.05, 4.69) is 62.5 Å². The molecule has 0 aromatic heterocycles. The summed E-state index contributed by atoms with van der Waals surface area (Å²) in [4.78, 5) is 0. The highest BCUT2D eigenvalue weighted by Gasteiger charge is 2.69. The van der Waals surface area contributed by atoms with E-state index in [0.29, 0.717) is 16.9 Å². The maximum Gasteiger partial charge on any atom is 0.121 e. The van der Waals surface area contributed by atoms with Crippen LogP contribution in [0, 0.1) is 16.7 Å². The molecule has 102 valence electrons. The minimum atomic E-state index is -0.443. The van der Waals surface area contributed by atoms with Gasteiger partial charge in [0.2, 0.25) is 0 Å². The zero-order chi connectivity index (χ0) is 13.3. The Kier molecular flexibility index (Phi) is 2.67. The van der Waals surface area contributed by atoms with E-state index in [9.17, 15) is 0 Å². The van der Waals surface area contributed by atoms with Crippen LogP contribution in [0.3, 0.4) is 0 Å². The van der Waals surface area contributed by atoms with Crippen LogP contribution < -0.4 is 5.30 Å². The normalized spacial score (nSPS) is 46.5. The lowest BCUT2D eigenvalue weighted by Gasteiger charge is -2.38. The summed E-state index contributed by atoms with van der Waals surface area (Å²) in [6.07, 6.45) is 3.24. The van der Waals surface area contributed by atoms with Gasteiger partial charge in [-0.15, -0.1) is 0 Å². The molecule has 1 unspecified atom stereocenters. The lowest BCUT2D eigenvalue weighted by atomic mass is 9.70. The second-order valence-corrected chi connectivity index (χ2v) is 10.6. The smallest absolute Gasteiger partial charge is 0.121 e. The molecule has 1 aromatic carbocycles. The molecule has 1 nitrogen and oxygen atoms in total. The van der Waals surface area contributed by atoms with Gasteiger partial charge in [0, 0.05) is 16.0 Å². The van der Waals surface area contributed by atoms with E-state index in [1.54, 1.807) is 0 Å². The highest BCUT2D eigenvalue weighted by Crippen LogP contribution is 2.77. The molecule has 1 aromatic rings. The second kappa shape index (κ2) is 4.00. The van der Waals surface area contributed by atoms with E-state index < -0.39 is 7.35 Å². The molecular formula is C16H21OPS. The molecule has 3 fully saturated rings. The molecule has 0 N–H and O–H groups in total. The van der Waals surface area contributed by atoms with Crippen molar-refractivity contribution in [3.8, 4) is 0 Å².